The van der Waals surface area contributed by atoms with Crippen molar-refractivity contribution in [2.45, 2.75) is 6.42 Å². The number of hydrogen-bond donors (Lipinski definition) is 1. The van der Waals surface area contributed by atoms with E-state index in [4.69, 9.17) is 15.2 Å². The molecule has 1 aromatic rings. The van der Waals surface area contributed by atoms with Gasteiger partial charge in [-0.15, -0.1) is 0 Å². The number of nitrogen functional groups attached to an aromatic ring is 1. The predicted octanol–water partition coefficient (Wildman–Crippen LogP) is 1.74. The number of rotatable bonds is 5. The molecular weight excluding hydrogens is 232 g/mol. The zero-order chi connectivity index (χ0) is 12.8. The van der Waals surface area contributed by atoms with Gasteiger partial charge in [0.1, 0.15) is 11.6 Å². The Hall–Kier alpha value is -1.69. The fourth-order valence-electron chi connectivity index (χ4n) is 1.17. The first kappa shape index (κ1) is 13.4. The average Bonchev–Trinajstić information content (AvgIpc) is 2.29. The highest BCUT2D eigenvalue weighted by molar-refractivity contribution is 5.90. The predicted molar refractivity (Wildman–Crippen MR) is 57.5 cm³/mol. The van der Waals surface area contributed by atoms with Crippen LogP contribution in [0.2, 0.25) is 0 Å². The molecule has 0 aliphatic heterocycles. The Kier molecular flexibility index (Phi) is 4.84. The highest BCUT2D eigenvalue weighted by atomic mass is 19.1. The van der Waals surface area contributed by atoms with E-state index >= 15 is 0 Å². The van der Waals surface area contributed by atoms with Gasteiger partial charge in [-0.05, 0) is 6.07 Å². The van der Waals surface area contributed by atoms with Crippen molar-refractivity contribution >= 4 is 11.7 Å². The summed E-state index contributed by atoms with van der Waals surface area (Å²) in [5.74, 6) is -2.77. The van der Waals surface area contributed by atoms with Crippen molar-refractivity contribution in [3.63, 3.8) is 0 Å². The molecule has 2 N–H and O–H groups in total. The lowest BCUT2D eigenvalue weighted by Crippen LogP contribution is -2.11. The molecule has 0 fully saturated rings. The lowest BCUT2D eigenvalue weighted by atomic mass is 10.2. The summed E-state index contributed by atoms with van der Waals surface area (Å²) in [6.45, 7) is 0.532. The molecule has 0 aliphatic carbocycles. The monoisotopic (exact) mass is 245 g/mol. The molecule has 0 bridgehead atoms. The van der Waals surface area contributed by atoms with Gasteiger partial charge in [0.25, 0.3) is 0 Å². The van der Waals surface area contributed by atoms with Crippen LogP contribution < -0.4 is 5.73 Å². The lowest BCUT2D eigenvalue weighted by Gasteiger charge is -2.06. The van der Waals surface area contributed by atoms with Crippen molar-refractivity contribution in [2.24, 2.45) is 0 Å². The first-order valence-corrected chi connectivity index (χ1v) is 4.97. The fraction of sp³-hybridized carbons (Fsp3) is 0.364. The summed E-state index contributed by atoms with van der Waals surface area (Å²) in [7, 11) is 1.52. The highest BCUT2D eigenvalue weighted by Gasteiger charge is 2.16. The lowest BCUT2D eigenvalue weighted by molar-refractivity contribution is 0.0463. The molecule has 0 aromatic heterocycles. The Bertz CT molecular complexity index is 410. The summed E-state index contributed by atoms with van der Waals surface area (Å²) in [4.78, 5) is 11.4. The zero-order valence-corrected chi connectivity index (χ0v) is 9.33. The van der Waals surface area contributed by atoms with Gasteiger partial charge in [-0.2, -0.15) is 0 Å². The number of anilines is 1. The first-order valence-electron chi connectivity index (χ1n) is 4.97. The third-order valence-corrected chi connectivity index (χ3v) is 2.03. The number of nitrogens with two attached hydrogens (primary N) is 1. The molecule has 17 heavy (non-hydrogen) atoms. The smallest absolute Gasteiger partial charge is 0.341 e. The SMILES string of the molecule is COCCCOC(=O)c1cc(N)c(F)cc1F. The Morgan fingerprint density at radius 2 is 2.00 bits per heavy atom. The van der Waals surface area contributed by atoms with E-state index in [0.717, 1.165) is 6.07 Å². The maximum atomic E-state index is 13.2. The minimum atomic E-state index is -0.992. The fourth-order valence-corrected chi connectivity index (χ4v) is 1.17. The summed E-state index contributed by atoms with van der Waals surface area (Å²) in [6, 6.07) is 1.48. The van der Waals surface area contributed by atoms with Gasteiger partial charge >= 0.3 is 5.97 Å². The molecule has 1 aromatic carbocycles. The molecule has 94 valence electrons. The molecule has 0 spiro atoms. The number of esters is 1. The second-order valence-electron chi connectivity index (χ2n) is 3.34. The topological polar surface area (TPSA) is 61.5 Å². The van der Waals surface area contributed by atoms with Crippen molar-refractivity contribution in [1.82, 2.24) is 0 Å². The maximum Gasteiger partial charge on any atom is 0.341 e. The maximum absolute atomic E-state index is 13.2. The number of carbonyl (C=O) groups is 1. The Morgan fingerprint density at radius 3 is 2.65 bits per heavy atom. The minimum Gasteiger partial charge on any atom is -0.462 e. The van der Waals surface area contributed by atoms with Crippen LogP contribution >= 0.6 is 0 Å². The summed E-state index contributed by atoms with van der Waals surface area (Å²) < 4.78 is 35.6. The van der Waals surface area contributed by atoms with Gasteiger partial charge < -0.3 is 15.2 Å². The van der Waals surface area contributed by atoms with Gasteiger partial charge in [-0.3, -0.25) is 0 Å². The van der Waals surface area contributed by atoms with E-state index in [2.05, 4.69) is 0 Å². The minimum absolute atomic E-state index is 0.101. The number of benzene rings is 1. The van der Waals surface area contributed by atoms with Crippen molar-refractivity contribution in [3.8, 4) is 0 Å². The second-order valence-corrected chi connectivity index (χ2v) is 3.34. The van der Waals surface area contributed by atoms with Gasteiger partial charge in [-0.25, -0.2) is 13.6 Å². The molecule has 0 heterocycles. The van der Waals surface area contributed by atoms with Crippen LogP contribution in [0.25, 0.3) is 0 Å². The van der Waals surface area contributed by atoms with E-state index in [1.807, 2.05) is 0 Å². The van der Waals surface area contributed by atoms with Crippen LogP contribution in [-0.2, 0) is 9.47 Å². The normalized spacial score (nSPS) is 10.3. The van der Waals surface area contributed by atoms with Crippen LogP contribution in [0.3, 0.4) is 0 Å². The van der Waals surface area contributed by atoms with Crippen LogP contribution in [0.1, 0.15) is 16.8 Å². The Balaban J connectivity index is 2.66. The van der Waals surface area contributed by atoms with Crippen molar-refractivity contribution in [2.75, 3.05) is 26.1 Å². The van der Waals surface area contributed by atoms with Crippen LogP contribution in [0.5, 0.6) is 0 Å². The quantitative estimate of drug-likeness (QED) is 0.487. The summed E-state index contributed by atoms with van der Waals surface area (Å²) >= 11 is 0. The van der Waals surface area contributed by atoms with Crippen molar-refractivity contribution < 1.29 is 23.0 Å². The van der Waals surface area contributed by atoms with E-state index in [1.165, 1.54) is 7.11 Å². The molecule has 0 aliphatic rings. The number of hydrogen-bond acceptors (Lipinski definition) is 4. The molecule has 0 amide bonds. The standard InChI is InChI=1S/C11H13F2NO3/c1-16-3-2-4-17-11(15)7-5-10(14)9(13)6-8(7)12/h5-6H,2-4,14H2,1H3. The molecule has 0 radical (unpaired) electrons. The van der Waals surface area contributed by atoms with Crippen LogP contribution in [0.4, 0.5) is 14.5 Å². The van der Waals surface area contributed by atoms with Crippen molar-refractivity contribution in [1.29, 1.82) is 0 Å². The Labute approximate surface area is 97.3 Å². The molecule has 4 nitrogen and oxygen atoms in total. The van der Waals surface area contributed by atoms with Crippen LogP contribution in [-0.4, -0.2) is 26.3 Å². The molecule has 0 saturated carbocycles. The third-order valence-electron chi connectivity index (χ3n) is 2.03. The first-order chi connectivity index (χ1) is 8.06. The number of carbonyl (C=O) groups excluding carboxylic acids is 1. The number of ether oxygens (including phenoxy) is 2. The van der Waals surface area contributed by atoms with E-state index in [9.17, 15) is 13.6 Å². The zero-order valence-electron chi connectivity index (χ0n) is 9.33. The van der Waals surface area contributed by atoms with Gasteiger partial charge in [0.2, 0.25) is 0 Å². The molecule has 0 unspecified atom stereocenters. The van der Waals surface area contributed by atoms with E-state index in [1.54, 1.807) is 0 Å². The van der Waals surface area contributed by atoms with Crippen LogP contribution in [0, 0.1) is 11.6 Å². The summed E-state index contributed by atoms with van der Waals surface area (Å²) in [5.41, 5.74) is 4.56. The van der Waals surface area contributed by atoms with Crippen molar-refractivity contribution in [3.05, 3.63) is 29.3 Å². The van der Waals surface area contributed by atoms with E-state index in [-0.39, 0.29) is 17.9 Å². The highest BCUT2D eigenvalue weighted by Crippen LogP contribution is 2.17. The van der Waals surface area contributed by atoms with E-state index < -0.39 is 17.6 Å². The van der Waals surface area contributed by atoms with Gasteiger partial charge in [-0.1, -0.05) is 0 Å². The summed E-state index contributed by atoms with van der Waals surface area (Å²) in [5, 5.41) is 0. The summed E-state index contributed by atoms with van der Waals surface area (Å²) in [6.07, 6.45) is 0.501. The van der Waals surface area contributed by atoms with Gasteiger partial charge in [0.05, 0.1) is 17.9 Å². The third kappa shape index (κ3) is 3.67. The largest absolute Gasteiger partial charge is 0.462 e. The average molecular weight is 245 g/mol. The molecule has 6 heteroatoms. The van der Waals surface area contributed by atoms with Gasteiger partial charge in [0.15, 0.2) is 0 Å². The molecule has 0 atom stereocenters. The number of methoxy groups -OCH3 is 1. The Morgan fingerprint density at radius 1 is 1.29 bits per heavy atom. The van der Waals surface area contributed by atoms with Crippen LogP contribution in [0.15, 0.2) is 12.1 Å². The molecular formula is C11H13F2NO3. The number of halogens is 2. The molecule has 1 rings (SSSR count). The molecule has 0 saturated heterocycles. The van der Waals surface area contributed by atoms with Gasteiger partial charge in [0, 0.05) is 26.2 Å². The van der Waals surface area contributed by atoms with E-state index in [0.29, 0.717) is 19.1 Å². The second kappa shape index (κ2) is 6.15.